The lowest BCUT2D eigenvalue weighted by Gasteiger charge is -2.11. The number of benzene rings is 2. The smallest absolute Gasteiger partial charge is 0.336 e. The third kappa shape index (κ3) is 4.26. The molecular formula is C23H22O6. The summed E-state index contributed by atoms with van der Waals surface area (Å²) in [5, 5.41) is 0.823. The van der Waals surface area contributed by atoms with Crippen molar-refractivity contribution < 1.29 is 23.4 Å². The van der Waals surface area contributed by atoms with Gasteiger partial charge in [-0.1, -0.05) is 12.1 Å². The van der Waals surface area contributed by atoms with Crippen LogP contribution in [0.15, 0.2) is 51.7 Å². The van der Waals surface area contributed by atoms with E-state index in [1.54, 1.807) is 19.2 Å². The van der Waals surface area contributed by atoms with Crippen LogP contribution < -0.4 is 15.1 Å². The molecule has 1 aliphatic carbocycles. The molecule has 0 unspecified atom stereocenters. The summed E-state index contributed by atoms with van der Waals surface area (Å²) in [7, 11) is 1.56. The van der Waals surface area contributed by atoms with E-state index in [1.165, 1.54) is 17.2 Å². The van der Waals surface area contributed by atoms with Crippen molar-refractivity contribution in [2.75, 3.05) is 13.7 Å². The molecule has 2 aromatic carbocycles. The number of esters is 1. The van der Waals surface area contributed by atoms with Crippen molar-refractivity contribution in [1.29, 1.82) is 0 Å². The largest absolute Gasteiger partial charge is 0.493 e. The Morgan fingerprint density at radius 3 is 2.62 bits per heavy atom. The van der Waals surface area contributed by atoms with Crippen molar-refractivity contribution in [3.63, 3.8) is 0 Å². The van der Waals surface area contributed by atoms with Crippen LogP contribution in [-0.2, 0) is 29.0 Å². The molecule has 1 heterocycles. The van der Waals surface area contributed by atoms with Crippen LogP contribution in [0.5, 0.6) is 11.5 Å². The zero-order valence-corrected chi connectivity index (χ0v) is 16.2. The van der Waals surface area contributed by atoms with Gasteiger partial charge < -0.3 is 18.6 Å². The van der Waals surface area contributed by atoms with Gasteiger partial charge in [-0.2, -0.15) is 0 Å². The first-order chi connectivity index (χ1) is 14.1. The van der Waals surface area contributed by atoms with Gasteiger partial charge in [-0.3, -0.25) is 4.79 Å². The highest BCUT2D eigenvalue weighted by Gasteiger charge is 2.16. The van der Waals surface area contributed by atoms with Gasteiger partial charge in [-0.25, -0.2) is 4.79 Å². The van der Waals surface area contributed by atoms with E-state index in [4.69, 9.17) is 18.6 Å². The predicted molar refractivity (Wildman–Crippen MR) is 107 cm³/mol. The van der Waals surface area contributed by atoms with Gasteiger partial charge in [-0.15, -0.1) is 0 Å². The fourth-order valence-corrected chi connectivity index (χ4v) is 3.63. The van der Waals surface area contributed by atoms with Crippen LogP contribution in [-0.4, -0.2) is 19.7 Å². The van der Waals surface area contributed by atoms with E-state index in [1.807, 2.05) is 18.2 Å². The fourth-order valence-electron chi connectivity index (χ4n) is 3.63. The second-order valence-electron chi connectivity index (χ2n) is 6.97. The quantitative estimate of drug-likeness (QED) is 0.448. The summed E-state index contributed by atoms with van der Waals surface area (Å²) in [6.07, 6.45) is 3.21. The molecule has 0 saturated carbocycles. The zero-order valence-electron chi connectivity index (χ0n) is 16.2. The van der Waals surface area contributed by atoms with Crippen LogP contribution in [0.3, 0.4) is 0 Å². The van der Waals surface area contributed by atoms with Gasteiger partial charge in [0, 0.05) is 17.0 Å². The molecule has 0 spiro atoms. The summed E-state index contributed by atoms with van der Waals surface area (Å²) in [5.41, 5.74) is 3.25. The molecule has 1 aliphatic rings. The van der Waals surface area contributed by atoms with E-state index in [0.29, 0.717) is 22.6 Å². The van der Waals surface area contributed by atoms with Crippen molar-refractivity contribution in [1.82, 2.24) is 0 Å². The average Bonchev–Trinajstić information content (AvgIpc) is 3.18. The molecule has 0 bridgehead atoms. The molecule has 0 saturated heterocycles. The summed E-state index contributed by atoms with van der Waals surface area (Å²) < 4.78 is 21.5. The Kier molecular flexibility index (Phi) is 5.51. The number of rotatable bonds is 7. The van der Waals surface area contributed by atoms with Gasteiger partial charge in [0.25, 0.3) is 0 Å². The van der Waals surface area contributed by atoms with Crippen molar-refractivity contribution in [2.45, 2.75) is 32.3 Å². The van der Waals surface area contributed by atoms with Crippen LogP contribution >= 0.6 is 0 Å². The molecule has 0 fully saturated rings. The van der Waals surface area contributed by atoms with Crippen LogP contribution in [0.25, 0.3) is 11.0 Å². The van der Waals surface area contributed by atoms with Gasteiger partial charge in [0.15, 0.2) is 11.5 Å². The first kappa shape index (κ1) is 19.1. The Hall–Kier alpha value is -3.28. The maximum Gasteiger partial charge on any atom is 0.336 e. The zero-order chi connectivity index (χ0) is 20.2. The van der Waals surface area contributed by atoms with E-state index < -0.39 is 11.6 Å². The third-order valence-corrected chi connectivity index (χ3v) is 5.06. The number of fused-ring (bicyclic) bond motifs is 2. The van der Waals surface area contributed by atoms with Crippen LogP contribution in [0.1, 0.15) is 29.5 Å². The van der Waals surface area contributed by atoms with Gasteiger partial charge in [0.05, 0.1) is 20.1 Å². The Balaban J connectivity index is 1.39. The first-order valence-electron chi connectivity index (χ1n) is 9.64. The number of methoxy groups -OCH3 is 1. The van der Waals surface area contributed by atoms with Crippen molar-refractivity contribution >= 4 is 16.9 Å². The molecule has 3 aromatic rings. The summed E-state index contributed by atoms with van der Waals surface area (Å²) in [5.74, 6) is 0.779. The molecule has 0 aliphatic heterocycles. The lowest BCUT2D eigenvalue weighted by Crippen LogP contribution is -2.11. The molecule has 6 nitrogen and oxygen atoms in total. The number of carbonyl (C=O) groups is 1. The van der Waals surface area contributed by atoms with Crippen LogP contribution in [0, 0.1) is 0 Å². The number of hydrogen-bond acceptors (Lipinski definition) is 6. The second-order valence-corrected chi connectivity index (χ2v) is 6.97. The number of para-hydroxylation sites is 2. The number of aryl methyl sites for hydroxylation is 2. The fraction of sp³-hybridized carbons (Fsp3) is 0.304. The number of carbonyl (C=O) groups excluding carboxylic acids is 1. The summed E-state index contributed by atoms with van der Waals surface area (Å²) >= 11 is 0. The average molecular weight is 394 g/mol. The standard InChI is InChI=1S/C23H22O6/c1-26-19-7-2-3-8-20(19)27-10-9-22(24)28-14-17-13-23(25)29-21-12-16-6-4-5-15(16)11-18(17)21/h2-3,7-8,11-13H,4-6,9-10,14H2,1H3. The van der Waals surface area contributed by atoms with E-state index in [0.717, 1.165) is 24.6 Å². The number of hydrogen-bond donors (Lipinski definition) is 0. The Bertz CT molecular complexity index is 1100. The topological polar surface area (TPSA) is 75.0 Å². The van der Waals surface area contributed by atoms with E-state index in [-0.39, 0.29) is 19.6 Å². The first-order valence-corrected chi connectivity index (χ1v) is 9.64. The maximum absolute atomic E-state index is 12.1. The van der Waals surface area contributed by atoms with Gasteiger partial charge in [0.2, 0.25) is 0 Å². The van der Waals surface area contributed by atoms with Gasteiger partial charge in [-0.05, 0) is 54.7 Å². The summed E-state index contributed by atoms with van der Waals surface area (Å²) in [6, 6.07) is 12.6. The van der Waals surface area contributed by atoms with Crippen LogP contribution in [0.2, 0.25) is 0 Å². The molecule has 4 rings (SSSR count). The Morgan fingerprint density at radius 1 is 1.07 bits per heavy atom. The normalized spacial score (nSPS) is 12.6. The summed E-state index contributed by atoms with van der Waals surface area (Å²) in [4.78, 5) is 24.0. The van der Waals surface area contributed by atoms with Crippen molar-refractivity contribution in [3.05, 3.63) is 69.6 Å². The highest BCUT2D eigenvalue weighted by Crippen LogP contribution is 2.29. The van der Waals surface area contributed by atoms with E-state index >= 15 is 0 Å². The SMILES string of the molecule is COc1ccccc1OCCC(=O)OCc1cc(=O)oc2cc3c(cc12)CCC3. The second kappa shape index (κ2) is 8.39. The summed E-state index contributed by atoms with van der Waals surface area (Å²) in [6.45, 7) is 0.193. The highest BCUT2D eigenvalue weighted by atomic mass is 16.5. The molecule has 150 valence electrons. The molecule has 6 heteroatoms. The van der Waals surface area contributed by atoms with Crippen molar-refractivity contribution in [2.24, 2.45) is 0 Å². The molecular weight excluding hydrogens is 372 g/mol. The van der Waals surface area contributed by atoms with Gasteiger partial charge in [0.1, 0.15) is 12.2 Å². The molecule has 1 aromatic heterocycles. The molecule has 0 amide bonds. The Labute approximate surface area is 168 Å². The van der Waals surface area contributed by atoms with Crippen LogP contribution in [0.4, 0.5) is 0 Å². The molecule has 0 radical (unpaired) electrons. The molecule has 29 heavy (non-hydrogen) atoms. The minimum Gasteiger partial charge on any atom is -0.493 e. The lowest BCUT2D eigenvalue weighted by molar-refractivity contribution is -0.145. The third-order valence-electron chi connectivity index (χ3n) is 5.06. The predicted octanol–water partition coefficient (Wildman–Crippen LogP) is 3.80. The minimum absolute atomic E-state index is 0.0222. The lowest BCUT2D eigenvalue weighted by atomic mass is 10.0. The molecule has 0 N–H and O–H groups in total. The van der Waals surface area contributed by atoms with E-state index in [9.17, 15) is 9.59 Å². The number of ether oxygens (including phenoxy) is 3. The maximum atomic E-state index is 12.1. The van der Waals surface area contributed by atoms with Gasteiger partial charge >= 0.3 is 11.6 Å². The minimum atomic E-state index is -0.444. The van der Waals surface area contributed by atoms with E-state index in [2.05, 4.69) is 6.07 Å². The monoisotopic (exact) mass is 394 g/mol. The highest BCUT2D eigenvalue weighted by molar-refractivity contribution is 5.82. The Morgan fingerprint density at radius 2 is 1.83 bits per heavy atom. The molecule has 0 atom stereocenters. The van der Waals surface area contributed by atoms with Crippen molar-refractivity contribution in [3.8, 4) is 11.5 Å².